The molecule has 4 nitrogen and oxygen atoms in total. The number of rotatable bonds is 1. The van der Waals surface area contributed by atoms with Crippen LogP contribution in [0.5, 0.6) is 0 Å². The van der Waals surface area contributed by atoms with Crippen LogP contribution in [0.1, 0.15) is 5.69 Å². The monoisotopic (exact) mass is 266 g/mol. The van der Waals surface area contributed by atoms with E-state index in [0.29, 0.717) is 9.99 Å². The lowest BCUT2D eigenvalue weighted by Crippen LogP contribution is -1.92. The maximum Gasteiger partial charge on any atom is 0.277 e. The van der Waals surface area contributed by atoms with Crippen LogP contribution < -0.4 is 0 Å². The second-order valence-corrected chi connectivity index (χ2v) is 3.93. The van der Waals surface area contributed by atoms with E-state index < -0.39 is 0 Å². The highest BCUT2D eigenvalue weighted by atomic mass is 79.9. The molecule has 0 aliphatic heterocycles. The van der Waals surface area contributed by atoms with Gasteiger partial charge in [-0.1, -0.05) is 12.1 Å². The molecule has 76 valence electrons. The molecule has 2 aromatic rings. The first kappa shape index (κ1) is 10.0. The van der Waals surface area contributed by atoms with Crippen LogP contribution in [0.15, 0.2) is 28.9 Å². The maximum absolute atomic E-state index is 10.8. The van der Waals surface area contributed by atoms with Crippen molar-refractivity contribution in [3.8, 4) is 0 Å². The average Bonchev–Trinajstić information content (AvgIpc) is 2.16. The van der Waals surface area contributed by atoms with E-state index in [1.165, 1.54) is 6.07 Å². The Morgan fingerprint density at radius 1 is 1.40 bits per heavy atom. The van der Waals surface area contributed by atoms with Crippen molar-refractivity contribution in [2.75, 3.05) is 0 Å². The van der Waals surface area contributed by atoms with Gasteiger partial charge < -0.3 is 0 Å². The molecule has 0 fully saturated rings. The Labute approximate surface area is 94.2 Å². The largest absolute Gasteiger partial charge is 0.277 e. The molecule has 0 radical (unpaired) electrons. The minimum Gasteiger partial charge on any atom is -0.258 e. The number of halogens is 1. The maximum atomic E-state index is 10.8. The third-order valence-corrected chi connectivity index (χ3v) is 2.73. The number of nitro benzene ring substituents is 1. The first-order valence-corrected chi connectivity index (χ1v) is 5.09. The van der Waals surface area contributed by atoms with Crippen LogP contribution >= 0.6 is 15.9 Å². The molecule has 0 amide bonds. The number of benzene rings is 1. The molecule has 1 heterocycles. The number of pyridine rings is 1. The minimum absolute atomic E-state index is 0.110. The molecule has 15 heavy (non-hydrogen) atoms. The van der Waals surface area contributed by atoms with E-state index in [1.807, 2.05) is 0 Å². The second-order valence-electron chi connectivity index (χ2n) is 3.18. The van der Waals surface area contributed by atoms with Crippen molar-refractivity contribution in [1.82, 2.24) is 4.98 Å². The summed E-state index contributed by atoms with van der Waals surface area (Å²) in [5.74, 6) is 0. The number of aromatic nitrogens is 1. The first-order chi connectivity index (χ1) is 7.09. The van der Waals surface area contributed by atoms with Gasteiger partial charge in [0.1, 0.15) is 4.60 Å². The Bertz CT molecular complexity index is 554. The average molecular weight is 267 g/mol. The molecular formula is C10H7BrN2O2. The molecule has 0 aliphatic rings. The van der Waals surface area contributed by atoms with Gasteiger partial charge in [0.25, 0.3) is 5.69 Å². The van der Waals surface area contributed by atoms with Crippen molar-refractivity contribution in [1.29, 1.82) is 0 Å². The zero-order chi connectivity index (χ0) is 11.0. The van der Waals surface area contributed by atoms with E-state index in [-0.39, 0.29) is 10.6 Å². The fourth-order valence-electron chi connectivity index (χ4n) is 1.50. The van der Waals surface area contributed by atoms with Gasteiger partial charge in [-0.2, -0.15) is 0 Å². The number of hydrogen-bond donors (Lipinski definition) is 0. The SMILES string of the molecule is Cc1cc2c([N+](=O)[O-])cccc2c(Br)n1. The fourth-order valence-corrected chi connectivity index (χ4v) is 2.13. The molecule has 0 atom stereocenters. The number of aryl methyl sites for hydroxylation is 1. The summed E-state index contributed by atoms with van der Waals surface area (Å²) in [7, 11) is 0. The van der Waals surface area contributed by atoms with Crippen molar-refractivity contribution >= 4 is 32.4 Å². The third-order valence-electron chi connectivity index (χ3n) is 2.13. The molecular weight excluding hydrogens is 260 g/mol. The number of non-ortho nitro benzene ring substituents is 1. The first-order valence-electron chi connectivity index (χ1n) is 4.30. The molecule has 0 aliphatic carbocycles. The summed E-state index contributed by atoms with van der Waals surface area (Å²) in [5.41, 5.74) is 0.863. The van der Waals surface area contributed by atoms with Gasteiger partial charge in [0.05, 0.1) is 10.3 Å². The quantitative estimate of drug-likeness (QED) is 0.453. The van der Waals surface area contributed by atoms with E-state index >= 15 is 0 Å². The normalized spacial score (nSPS) is 10.5. The smallest absolute Gasteiger partial charge is 0.258 e. The summed E-state index contributed by atoms with van der Waals surface area (Å²) < 4.78 is 0.640. The summed E-state index contributed by atoms with van der Waals surface area (Å²) in [5, 5.41) is 12.2. The zero-order valence-corrected chi connectivity index (χ0v) is 9.48. The molecule has 0 bridgehead atoms. The second kappa shape index (κ2) is 3.58. The molecule has 0 spiro atoms. The minimum atomic E-state index is -0.381. The summed E-state index contributed by atoms with van der Waals surface area (Å²) in [4.78, 5) is 14.6. The van der Waals surface area contributed by atoms with Gasteiger partial charge >= 0.3 is 0 Å². The highest BCUT2D eigenvalue weighted by molar-refractivity contribution is 9.10. The zero-order valence-electron chi connectivity index (χ0n) is 7.90. The number of nitrogens with zero attached hydrogens (tertiary/aromatic N) is 2. The molecule has 0 unspecified atom stereocenters. The summed E-state index contributed by atoms with van der Waals surface area (Å²) >= 11 is 3.30. The van der Waals surface area contributed by atoms with Crippen LogP contribution in [0, 0.1) is 17.0 Å². The van der Waals surface area contributed by atoms with Gasteiger partial charge in [-0.3, -0.25) is 10.1 Å². The van der Waals surface area contributed by atoms with Crippen LogP contribution in [0.4, 0.5) is 5.69 Å². The lowest BCUT2D eigenvalue weighted by atomic mass is 10.1. The van der Waals surface area contributed by atoms with Gasteiger partial charge in [-0.25, -0.2) is 4.98 Å². The molecule has 0 saturated carbocycles. The molecule has 2 rings (SSSR count). The highest BCUT2D eigenvalue weighted by Crippen LogP contribution is 2.29. The highest BCUT2D eigenvalue weighted by Gasteiger charge is 2.13. The fraction of sp³-hybridized carbons (Fsp3) is 0.100. The van der Waals surface area contributed by atoms with Gasteiger partial charge in [0, 0.05) is 17.1 Å². The van der Waals surface area contributed by atoms with Gasteiger partial charge in [-0.05, 0) is 28.9 Å². The molecule has 1 aromatic heterocycles. The number of nitro groups is 1. The van der Waals surface area contributed by atoms with Crippen molar-refractivity contribution in [3.05, 3.63) is 44.7 Å². The van der Waals surface area contributed by atoms with E-state index in [2.05, 4.69) is 20.9 Å². The van der Waals surface area contributed by atoms with E-state index in [9.17, 15) is 10.1 Å². The Hall–Kier alpha value is -1.49. The Morgan fingerprint density at radius 3 is 2.80 bits per heavy atom. The summed E-state index contributed by atoms with van der Waals surface area (Å²) in [6.45, 7) is 1.81. The van der Waals surface area contributed by atoms with Crippen LogP contribution in [-0.2, 0) is 0 Å². The van der Waals surface area contributed by atoms with Crippen LogP contribution in [0.3, 0.4) is 0 Å². The molecule has 0 saturated heterocycles. The van der Waals surface area contributed by atoms with Gasteiger partial charge in [-0.15, -0.1) is 0 Å². The Kier molecular flexibility index (Phi) is 2.40. The van der Waals surface area contributed by atoms with E-state index in [1.54, 1.807) is 25.1 Å². The topological polar surface area (TPSA) is 56.0 Å². The van der Waals surface area contributed by atoms with Crippen molar-refractivity contribution in [2.45, 2.75) is 6.92 Å². The van der Waals surface area contributed by atoms with Gasteiger partial charge in [0.15, 0.2) is 0 Å². The Balaban J connectivity index is 2.91. The lowest BCUT2D eigenvalue weighted by Gasteiger charge is -2.02. The molecule has 5 heteroatoms. The van der Waals surface area contributed by atoms with Crippen molar-refractivity contribution in [2.24, 2.45) is 0 Å². The van der Waals surface area contributed by atoms with Crippen molar-refractivity contribution in [3.63, 3.8) is 0 Å². The molecule has 1 aromatic carbocycles. The van der Waals surface area contributed by atoms with Crippen LogP contribution in [0.2, 0.25) is 0 Å². The number of fused-ring (bicyclic) bond motifs is 1. The predicted molar refractivity (Wildman–Crippen MR) is 60.8 cm³/mol. The third kappa shape index (κ3) is 1.70. The number of hydrogen-bond acceptors (Lipinski definition) is 3. The van der Waals surface area contributed by atoms with E-state index in [4.69, 9.17) is 0 Å². The molecule has 0 N–H and O–H groups in total. The van der Waals surface area contributed by atoms with Crippen LogP contribution in [0.25, 0.3) is 10.8 Å². The van der Waals surface area contributed by atoms with E-state index in [0.717, 1.165) is 11.1 Å². The predicted octanol–water partition coefficient (Wildman–Crippen LogP) is 3.21. The lowest BCUT2D eigenvalue weighted by molar-refractivity contribution is -0.383. The summed E-state index contributed by atoms with van der Waals surface area (Å²) in [6.07, 6.45) is 0. The standard InChI is InChI=1S/C10H7BrN2O2/c1-6-5-8-7(10(11)12-6)3-2-4-9(8)13(14)15/h2-5H,1H3. The van der Waals surface area contributed by atoms with Crippen LogP contribution in [-0.4, -0.2) is 9.91 Å². The Morgan fingerprint density at radius 2 is 2.13 bits per heavy atom. The van der Waals surface area contributed by atoms with Gasteiger partial charge in [0.2, 0.25) is 0 Å². The summed E-state index contributed by atoms with van der Waals surface area (Å²) in [6, 6.07) is 6.67. The van der Waals surface area contributed by atoms with Crippen molar-refractivity contribution < 1.29 is 4.92 Å².